The number of hydrogen-bond acceptors (Lipinski definition) is 5. The van der Waals surface area contributed by atoms with Gasteiger partial charge in [0, 0.05) is 11.4 Å². The first-order valence-corrected chi connectivity index (χ1v) is 9.27. The molecule has 2 heterocycles. The second-order valence-electron chi connectivity index (χ2n) is 5.73. The number of rotatable bonds is 4. The van der Waals surface area contributed by atoms with Gasteiger partial charge in [0.2, 0.25) is 5.91 Å². The van der Waals surface area contributed by atoms with Gasteiger partial charge in [0.1, 0.15) is 4.83 Å². The number of fused-ring (bicyclic) bond motifs is 3. The Morgan fingerprint density at radius 2 is 2.32 bits per heavy atom. The first-order valence-electron chi connectivity index (χ1n) is 7.47. The third-order valence-electron chi connectivity index (χ3n) is 4.04. The zero-order valence-electron chi connectivity index (χ0n) is 12.7. The van der Waals surface area contributed by atoms with E-state index < -0.39 is 5.91 Å². The summed E-state index contributed by atoms with van der Waals surface area (Å²) in [6.45, 7) is 4.72. The van der Waals surface area contributed by atoms with Crippen LogP contribution in [0.4, 0.5) is 0 Å². The van der Waals surface area contributed by atoms with Crippen LogP contribution < -0.4 is 11.3 Å². The minimum Gasteiger partial charge on any atom is -0.369 e. The lowest BCUT2D eigenvalue weighted by Crippen LogP contribution is -2.24. The van der Waals surface area contributed by atoms with E-state index in [0.29, 0.717) is 17.6 Å². The first kappa shape index (κ1) is 15.6. The Morgan fingerprint density at radius 1 is 1.55 bits per heavy atom. The Bertz CT molecular complexity index is 794. The van der Waals surface area contributed by atoms with Crippen LogP contribution in [0.3, 0.4) is 0 Å². The highest BCUT2D eigenvalue weighted by Gasteiger charge is 2.24. The van der Waals surface area contributed by atoms with Gasteiger partial charge in [0.05, 0.1) is 11.1 Å². The number of aromatic nitrogens is 2. The molecular formula is C15H19N3O2S2. The molecule has 1 aliphatic rings. The topological polar surface area (TPSA) is 78.0 Å². The van der Waals surface area contributed by atoms with E-state index >= 15 is 0 Å². The number of thioether (sulfide) groups is 1. The molecule has 1 aliphatic carbocycles. The Balaban J connectivity index is 2.15. The van der Waals surface area contributed by atoms with Crippen molar-refractivity contribution in [3.05, 3.63) is 20.8 Å². The molecular weight excluding hydrogens is 318 g/mol. The van der Waals surface area contributed by atoms with Crippen LogP contribution in [-0.4, -0.2) is 21.2 Å². The summed E-state index contributed by atoms with van der Waals surface area (Å²) >= 11 is 2.87. The van der Waals surface area contributed by atoms with Gasteiger partial charge < -0.3 is 5.73 Å². The van der Waals surface area contributed by atoms with E-state index in [0.717, 1.165) is 29.5 Å². The Labute approximate surface area is 136 Å². The van der Waals surface area contributed by atoms with Crippen LogP contribution in [0.25, 0.3) is 10.2 Å². The predicted octanol–water partition coefficient (Wildman–Crippen LogP) is 2.18. The van der Waals surface area contributed by atoms with Crippen molar-refractivity contribution in [1.29, 1.82) is 0 Å². The van der Waals surface area contributed by atoms with E-state index in [2.05, 4.69) is 11.9 Å². The maximum absolute atomic E-state index is 12.8. The van der Waals surface area contributed by atoms with E-state index in [1.54, 1.807) is 15.9 Å². The molecule has 0 spiro atoms. The van der Waals surface area contributed by atoms with Crippen molar-refractivity contribution < 1.29 is 4.79 Å². The summed E-state index contributed by atoms with van der Waals surface area (Å²) in [5.74, 6) is 0.402. The molecule has 0 radical (unpaired) electrons. The standard InChI is InChI=1S/C15H19N3O2S2/c1-3-18-14(20)12-9-5-4-8(2)6-10(9)22-13(12)17-15(18)21-7-11(16)19/h8H,3-7H2,1-2H3,(H2,16,19). The number of aryl methyl sites for hydroxylation is 1. The summed E-state index contributed by atoms with van der Waals surface area (Å²) in [5, 5.41) is 1.38. The molecule has 0 fully saturated rings. The minimum absolute atomic E-state index is 0.0199. The van der Waals surface area contributed by atoms with Gasteiger partial charge in [-0.1, -0.05) is 18.7 Å². The molecule has 0 saturated heterocycles. The van der Waals surface area contributed by atoms with Gasteiger partial charge in [-0.3, -0.25) is 14.2 Å². The van der Waals surface area contributed by atoms with E-state index in [-0.39, 0.29) is 11.3 Å². The number of amides is 1. The Kier molecular flexibility index (Phi) is 4.27. The fourth-order valence-corrected chi connectivity index (χ4v) is 5.16. The Morgan fingerprint density at radius 3 is 3.00 bits per heavy atom. The first-order chi connectivity index (χ1) is 10.5. The molecule has 0 saturated carbocycles. The molecule has 2 N–H and O–H groups in total. The summed E-state index contributed by atoms with van der Waals surface area (Å²) in [7, 11) is 0. The molecule has 1 atom stereocenters. The van der Waals surface area contributed by atoms with Gasteiger partial charge in [0.25, 0.3) is 5.56 Å². The molecule has 0 aliphatic heterocycles. The zero-order chi connectivity index (χ0) is 15.9. The van der Waals surface area contributed by atoms with Crippen LogP contribution in [0, 0.1) is 5.92 Å². The summed E-state index contributed by atoms with van der Waals surface area (Å²) < 4.78 is 1.65. The smallest absolute Gasteiger partial charge is 0.263 e. The van der Waals surface area contributed by atoms with Crippen LogP contribution in [0.15, 0.2) is 9.95 Å². The number of hydrogen-bond donors (Lipinski definition) is 1. The highest BCUT2D eigenvalue weighted by atomic mass is 32.2. The van der Waals surface area contributed by atoms with Crippen LogP contribution >= 0.6 is 23.1 Å². The normalized spacial score (nSPS) is 17.6. The third-order valence-corrected chi connectivity index (χ3v) is 6.19. The fourth-order valence-electron chi connectivity index (χ4n) is 2.93. The van der Waals surface area contributed by atoms with Gasteiger partial charge in [-0.05, 0) is 37.7 Å². The number of carbonyl (C=O) groups excluding carboxylic acids is 1. The van der Waals surface area contributed by atoms with Gasteiger partial charge in [-0.25, -0.2) is 4.98 Å². The SMILES string of the molecule is CCn1c(SCC(N)=O)nc2sc3c(c2c1=O)CCC(C)C3. The third kappa shape index (κ3) is 2.67. The average molecular weight is 337 g/mol. The predicted molar refractivity (Wildman–Crippen MR) is 90.7 cm³/mol. The number of primary amides is 1. The Hall–Kier alpha value is -1.34. The largest absolute Gasteiger partial charge is 0.369 e. The molecule has 1 amide bonds. The molecule has 118 valence electrons. The average Bonchev–Trinajstić information content (AvgIpc) is 2.82. The van der Waals surface area contributed by atoms with E-state index in [9.17, 15) is 9.59 Å². The molecule has 22 heavy (non-hydrogen) atoms. The van der Waals surface area contributed by atoms with Crippen LogP contribution in [0.5, 0.6) is 0 Å². The summed E-state index contributed by atoms with van der Waals surface area (Å²) in [5.41, 5.74) is 6.42. The minimum atomic E-state index is -0.402. The highest BCUT2D eigenvalue weighted by molar-refractivity contribution is 7.99. The van der Waals surface area contributed by atoms with Crippen molar-refractivity contribution in [1.82, 2.24) is 9.55 Å². The lowest BCUT2D eigenvalue weighted by molar-refractivity contribution is -0.115. The van der Waals surface area contributed by atoms with Crippen molar-refractivity contribution in [3.8, 4) is 0 Å². The van der Waals surface area contributed by atoms with Gasteiger partial charge in [-0.2, -0.15) is 0 Å². The monoisotopic (exact) mass is 337 g/mol. The second kappa shape index (κ2) is 6.04. The van der Waals surface area contributed by atoms with E-state index in [1.165, 1.54) is 22.2 Å². The highest BCUT2D eigenvalue weighted by Crippen LogP contribution is 2.36. The molecule has 0 bridgehead atoms. The molecule has 0 aromatic carbocycles. The van der Waals surface area contributed by atoms with Gasteiger partial charge in [-0.15, -0.1) is 11.3 Å². The van der Waals surface area contributed by atoms with Crippen molar-refractivity contribution in [2.75, 3.05) is 5.75 Å². The maximum atomic E-state index is 12.8. The molecule has 1 unspecified atom stereocenters. The lowest BCUT2D eigenvalue weighted by atomic mass is 9.89. The number of thiophene rings is 1. The van der Waals surface area contributed by atoms with E-state index in [4.69, 9.17) is 5.73 Å². The van der Waals surface area contributed by atoms with Crippen LogP contribution in [0.2, 0.25) is 0 Å². The van der Waals surface area contributed by atoms with Gasteiger partial charge in [0.15, 0.2) is 5.16 Å². The van der Waals surface area contributed by atoms with Crippen molar-refractivity contribution >= 4 is 39.2 Å². The number of nitrogens with two attached hydrogens (primary N) is 1. The lowest BCUT2D eigenvalue weighted by Gasteiger charge is -2.17. The molecule has 2 aromatic rings. The summed E-state index contributed by atoms with van der Waals surface area (Å²) in [6, 6.07) is 0. The van der Waals surface area contributed by atoms with Crippen LogP contribution in [0.1, 0.15) is 30.7 Å². The number of nitrogens with zero attached hydrogens (tertiary/aromatic N) is 2. The summed E-state index contributed by atoms with van der Waals surface area (Å²) in [6.07, 6.45) is 3.12. The van der Waals surface area contributed by atoms with Crippen molar-refractivity contribution in [2.24, 2.45) is 11.7 Å². The molecule has 7 heteroatoms. The van der Waals surface area contributed by atoms with Crippen molar-refractivity contribution in [3.63, 3.8) is 0 Å². The summed E-state index contributed by atoms with van der Waals surface area (Å²) in [4.78, 5) is 30.6. The van der Waals surface area contributed by atoms with Crippen LogP contribution in [-0.2, 0) is 24.2 Å². The van der Waals surface area contributed by atoms with E-state index in [1.807, 2.05) is 6.92 Å². The van der Waals surface area contributed by atoms with Crippen molar-refractivity contribution in [2.45, 2.75) is 44.8 Å². The molecule has 5 nitrogen and oxygen atoms in total. The maximum Gasteiger partial charge on any atom is 0.263 e. The number of carbonyl (C=O) groups is 1. The fraction of sp³-hybridized carbons (Fsp3) is 0.533. The quantitative estimate of drug-likeness (QED) is 0.685. The second-order valence-corrected chi connectivity index (χ2v) is 7.76. The zero-order valence-corrected chi connectivity index (χ0v) is 14.4. The van der Waals surface area contributed by atoms with Gasteiger partial charge >= 0.3 is 0 Å². The molecule has 3 rings (SSSR count). The molecule has 2 aromatic heterocycles.